The van der Waals surface area contributed by atoms with Crippen molar-refractivity contribution in [3.05, 3.63) is 0 Å². The maximum absolute atomic E-state index is 6.13. The molecule has 0 spiro atoms. The highest BCUT2D eigenvalue weighted by atomic mass is 28.4. The van der Waals surface area contributed by atoms with Crippen LogP contribution in [-0.2, 0) is 4.43 Å². The molecular formula is C16H36OSi. The Kier molecular flexibility index (Phi) is 9.23. The smallest absolute Gasteiger partial charge is 0.192 e. The van der Waals surface area contributed by atoms with Gasteiger partial charge in [0.15, 0.2) is 8.32 Å². The third kappa shape index (κ3) is 8.31. The van der Waals surface area contributed by atoms with E-state index in [1.807, 2.05) is 7.11 Å². The first-order valence-corrected chi connectivity index (χ1v) is 10.4. The van der Waals surface area contributed by atoms with Gasteiger partial charge in [0.25, 0.3) is 0 Å². The summed E-state index contributed by atoms with van der Waals surface area (Å²) in [6.45, 7) is 14.0. The Morgan fingerprint density at radius 2 is 0.944 bits per heavy atom. The molecule has 110 valence electrons. The predicted octanol–water partition coefficient (Wildman–Crippen LogP) is 5.72. The average molecular weight is 273 g/mol. The topological polar surface area (TPSA) is 9.23 Å². The number of hydrogen-bond acceptors (Lipinski definition) is 1. The van der Waals surface area contributed by atoms with Crippen molar-refractivity contribution in [1.29, 1.82) is 0 Å². The Morgan fingerprint density at radius 3 is 1.11 bits per heavy atom. The summed E-state index contributed by atoms with van der Waals surface area (Å²) in [4.78, 5) is 0. The summed E-state index contributed by atoms with van der Waals surface area (Å²) in [7, 11) is 0.522. The molecule has 0 N–H and O–H groups in total. The first-order valence-electron chi connectivity index (χ1n) is 7.86. The van der Waals surface area contributed by atoms with Crippen molar-refractivity contribution in [3.8, 4) is 0 Å². The third-order valence-corrected chi connectivity index (χ3v) is 8.43. The lowest BCUT2D eigenvalue weighted by Gasteiger charge is -2.32. The molecule has 0 heterocycles. The lowest BCUT2D eigenvalue weighted by atomic mass is 10.2. The molecule has 0 radical (unpaired) electrons. The van der Waals surface area contributed by atoms with Crippen LogP contribution >= 0.6 is 0 Å². The highest BCUT2D eigenvalue weighted by Crippen LogP contribution is 2.31. The van der Waals surface area contributed by atoms with Crippen molar-refractivity contribution in [3.63, 3.8) is 0 Å². The van der Waals surface area contributed by atoms with Crippen LogP contribution in [-0.4, -0.2) is 15.4 Å². The molecule has 0 saturated carbocycles. The fourth-order valence-electron chi connectivity index (χ4n) is 2.34. The lowest BCUT2D eigenvalue weighted by Crippen LogP contribution is -2.38. The molecule has 0 atom stereocenters. The average Bonchev–Trinajstić information content (AvgIpc) is 2.28. The van der Waals surface area contributed by atoms with Crippen LogP contribution in [0.15, 0.2) is 0 Å². The van der Waals surface area contributed by atoms with Crippen LogP contribution in [0, 0.1) is 17.8 Å². The highest BCUT2D eigenvalue weighted by molar-refractivity contribution is 6.73. The van der Waals surface area contributed by atoms with Gasteiger partial charge >= 0.3 is 0 Å². The summed E-state index contributed by atoms with van der Waals surface area (Å²) in [6.07, 6.45) is 4.03. The van der Waals surface area contributed by atoms with Crippen LogP contribution in [0.5, 0.6) is 0 Å². The SMILES string of the molecule is CO[Si](CCC(C)C)(CCC(C)C)CCC(C)C. The normalized spacial score (nSPS) is 13.0. The van der Waals surface area contributed by atoms with Crippen LogP contribution in [0.1, 0.15) is 60.8 Å². The van der Waals surface area contributed by atoms with Gasteiger partial charge in [0.2, 0.25) is 0 Å². The molecule has 0 saturated heterocycles. The molecule has 0 aliphatic heterocycles. The second kappa shape index (κ2) is 9.14. The molecule has 0 rings (SSSR count). The van der Waals surface area contributed by atoms with Gasteiger partial charge in [-0.25, -0.2) is 0 Å². The largest absolute Gasteiger partial charge is 0.420 e. The Labute approximate surface area is 117 Å². The van der Waals surface area contributed by atoms with Crippen LogP contribution in [0.3, 0.4) is 0 Å². The monoisotopic (exact) mass is 272 g/mol. The van der Waals surface area contributed by atoms with Gasteiger partial charge in [-0.3, -0.25) is 0 Å². The summed E-state index contributed by atoms with van der Waals surface area (Å²) >= 11 is 0. The quantitative estimate of drug-likeness (QED) is 0.462. The Morgan fingerprint density at radius 1 is 0.667 bits per heavy atom. The molecule has 0 aromatic rings. The van der Waals surface area contributed by atoms with Gasteiger partial charge in [-0.15, -0.1) is 0 Å². The summed E-state index contributed by atoms with van der Waals surface area (Å²) in [6, 6.07) is 4.09. The van der Waals surface area contributed by atoms with E-state index in [-0.39, 0.29) is 0 Å². The Bertz CT molecular complexity index is 168. The van der Waals surface area contributed by atoms with E-state index in [1.54, 1.807) is 0 Å². The van der Waals surface area contributed by atoms with Crippen molar-refractivity contribution in [1.82, 2.24) is 0 Å². The van der Waals surface area contributed by atoms with E-state index in [0.717, 1.165) is 17.8 Å². The fourth-order valence-corrected chi connectivity index (χ4v) is 7.01. The van der Waals surface area contributed by atoms with E-state index in [2.05, 4.69) is 41.5 Å². The van der Waals surface area contributed by atoms with Crippen molar-refractivity contribution in [2.45, 2.75) is 78.9 Å². The molecule has 0 aliphatic carbocycles. The van der Waals surface area contributed by atoms with E-state index >= 15 is 0 Å². The second-order valence-corrected chi connectivity index (χ2v) is 11.5. The van der Waals surface area contributed by atoms with Gasteiger partial charge in [0, 0.05) is 7.11 Å². The first-order chi connectivity index (χ1) is 8.31. The molecule has 1 nitrogen and oxygen atoms in total. The van der Waals surface area contributed by atoms with Crippen LogP contribution in [0.2, 0.25) is 18.1 Å². The van der Waals surface area contributed by atoms with Gasteiger partial charge in [-0.1, -0.05) is 60.8 Å². The second-order valence-electron chi connectivity index (χ2n) is 7.18. The van der Waals surface area contributed by atoms with E-state index in [0.29, 0.717) is 0 Å². The lowest BCUT2D eigenvalue weighted by molar-refractivity contribution is 0.372. The summed E-state index contributed by atoms with van der Waals surface area (Å²) in [5.74, 6) is 2.43. The fraction of sp³-hybridized carbons (Fsp3) is 1.00. The van der Waals surface area contributed by atoms with Gasteiger partial charge in [0.1, 0.15) is 0 Å². The summed E-state index contributed by atoms with van der Waals surface area (Å²) in [5.41, 5.74) is 0. The zero-order chi connectivity index (χ0) is 14.2. The molecular weight excluding hydrogens is 236 g/mol. The molecule has 0 aromatic heterocycles. The predicted molar refractivity (Wildman–Crippen MR) is 85.5 cm³/mol. The van der Waals surface area contributed by atoms with Crippen molar-refractivity contribution < 1.29 is 4.43 Å². The number of hydrogen-bond donors (Lipinski definition) is 0. The maximum atomic E-state index is 6.13. The van der Waals surface area contributed by atoms with E-state index in [4.69, 9.17) is 4.43 Å². The summed E-state index contributed by atoms with van der Waals surface area (Å²) in [5, 5.41) is 0. The molecule has 0 unspecified atom stereocenters. The summed E-state index contributed by atoms with van der Waals surface area (Å²) < 4.78 is 6.13. The van der Waals surface area contributed by atoms with Gasteiger partial charge < -0.3 is 4.43 Å². The van der Waals surface area contributed by atoms with E-state index in [9.17, 15) is 0 Å². The van der Waals surface area contributed by atoms with Gasteiger partial charge in [-0.2, -0.15) is 0 Å². The standard InChI is InChI=1S/C16H36OSi/c1-14(2)8-11-18(17-7,12-9-15(3)4)13-10-16(5)6/h14-16H,8-13H2,1-7H3. The van der Waals surface area contributed by atoms with Crippen molar-refractivity contribution in [2.24, 2.45) is 17.8 Å². The van der Waals surface area contributed by atoms with E-state index in [1.165, 1.54) is 37.4 Å². The van der Waals surface area contributed by atoms with E-state index < -0.39 is 8.32 Å². The van der Waals surface area contributed by atoms with Crippen LogP contribution in [0.25, 0.3) is 0 Å². The van der Waals surface area contributed by atoms with Crippen LogP contribution < -0.4 is 0 Å². The third-order valence-electron chi connectivity index (χ3n) is 3.96. The Balaban J connectivity index is 4.49. The zero-order valence-corrected chi connectivity index (χ0v) is 14.9. The van der Waals surface area contributed by atoms with Crippen LogP contribution in [0.4, 0.5) is 0 Å². The molecule has 2 heteroatoms. The maximum Gasteiger partial charge on any atom is 0.192 e. The molecule has 0 bridgehead atoms. The number of rotatable bonds is 10. The Hall–Kier alpha value is 0.177. The first kappa shape index (κ1) is 18.2. The minimum Gasteiger partial charge on any atom is -0.420 e. The minimum absolute atomic E-state index is 0.810. The van der Waals surface area contributed by atoms with Gasteiger partial charge in [0.05, 0.1) is 0 Å². The minimum atomic E-state index is -1.46. The highest BCUT2D eigenvalue weighted by Gasteiger charge is 2.33. The molecule has 18 heavy (non-hydrogen) atoms. The van der Waals surface area contributed by atoms with Gasteiger partial charge in [-0.05, 0) is 35.9 Å². The molecule has 0 aromatic carbocycles. The van der Waals surface area contributed by atoms with Crippen molar-refractivity contribution >= 4 is 8.32 Å². The zero-order valence-electron chi connectivity index (χ0n) is 13.9. The molecule has 0 fully saturated rings. The van der Waals surface area contributed by atoms with Crippen molar-refractivity contribution in [2.75, 3.05) is 7.11 Å². The molecule has 0 amide bonds. The molecule has 0 aliphatic rings.